The van der Waals surface area contributed by atoms with Gasteiger partial charge in [-0.25, -0.2) is 8.42 Å². The van der Waals surface area contributed by atoms with Crippen LogP contribution in [0.5, 0.6) is 5.75 Å². The minimum Gasteiger partial charge on any atom is -0.496 e. The van der Waals surface area contributed by atoms with E-state index in [2.05, 4.69) is 5.32 Å². The third kappa shape index (κ3) is 5.40. The second kappa shape index (κ2) is 10.1. The standard InChI is InChI=1S/C23H30N2O4S/c1-18(21-8-4-5-9-22(21)29-2)24-23(26)15-12-19-10-13-20(14-11-19)30(27,28)25-16-6-3-7-17-25/h4-5,8-11,13-14,18H,3,6-7,12,15-17H2,1-2H3,(H,24,26)/t18-/m0/s1. The first-order valence-electron chi connectivity index (χ1n) is 10.4. The summed E-state index contributed by atoms with van der Waals surface area (Å²) in [5.41, 5.74) is 1.87. The van der Waals surface area contributed by atoms with Crippen LogP contribution in [0.25, 0.3) is 0 Å². The van der Waals surface area contributed by atoms with Gasteiger partial charge < -0.3 is 10.1 Å². The van der Waals surface area contributed by atoms with Crippen LogP contribution in [0, 0.1) is 0 Å². The predicted octanol–water partition coefficient (Wildman–Crippen LogP) is 3.68. The van der Waals surface area contributed by atoms with E-state index < -0.39 is 10.0 Å². The van der Waals surface area contributed by atoms with Crippen molar-refractivity contribution in [1.82, 2.24) is 9.62 Å². The highest BCUT2D eigenvalue weighted by atomic mass is 32.2. The van der Waals surface area contributed by atoms with E-state index >= 15 is 0 Å². The Morgan fingerprint density at radius 3 is 2.40 bits per heavy atom. The Morgan fingerprint density at radius 2 is 1.73 bits per heavy atom. The number of hydrogen-bond donors (Lipinski definition) is 1. The van der Waals surface area contributed by atoms with Crippen LogP contribution in [0.15, 0.2) is 53.4 Å². The molecule has 0 aliphatic carbocycles. The number of hydrogen-bond acceptors (Lipinski definition) is 4. The summed E-state index contributed by atoms with van der Waals surface area (Å²) in [6, 6.07) is 14.4. The molecular weight excluding hydrogens is 400 g/mol. The van der Waals surface area contributed by atoms with Crippen LogP contribution in [0.1, 0.15) is 49.8 Å². The molecular formula is C23H30N2O4S. The molecule has 0 saturated carbocycles. The van der Waals surface area contributed by atoms with Gasteiger partial charge in [-0.3, -0.25) is 4.79 Å². The maximum atomic E-state index is 12.7. The summed E-state index contributed by atoms with van der Waals surface area (Å²) >= 11 is 0. The van der Waals surface area contributed by atoms with Gasteiger partial charge in [0.2, 0.25) is 15.9 Å². The molecule has 1 aliphatic rings. The monoisotopic (exact) mass is 430 g/mol. The van der Waals surface area contributed by atoms with E-state index in [1.54, 1.807) is 35.7 Å². The average molecular weight is 431 g/mol. The lowest BCUT2D eigenvalue weighted by atomic mass is 10.1. The number of nitrogens with zero attached hydrogens (tertiary/aromatic N) is 1. The molecule has 2 aromatic carbocycles. The first kappa shape index (κ1) is 22.3. The zero-order valence-electron chi connectivity index (χ0n) is 17.6. The molecule has 0 spiro atoms. The lowest BCUT2D eigenvalue weighted by Gasteiger charge is -2.25. The highest BCUT2D eigenvalue weighted by Crippen LogP contribution is 2.24. The molecule has 1 aliphatic heterocycles. The third-order valence-electron chi connectivity index (χ3n) is 5.50. The molecule has 7 heteroatoms. The Bertz CT molecular complexity index is 951. The van der Waals surface area contributed by atoms with Crippen molar-refractivity contribution in [3.8, 4) is 5.75 Å². The highest BCUT2D eigenvalue weighted by molar-refractivity contribution is 7.89. The van der Waals surface area contributed by atoms with Crippen molar-refractivity contribution in [2.45, 2.75) is 50.0 Å². The molecule has 3 rings (SSSR count). The zero-order valence-corrected chi connectivity index (χ0v) is 18.5. The number of sulfonamides is 1. The molecule has 1 fully saturated rings. The average Bonchev–Trinajstić information content (AvgIpc) is 2.78. The van der Waals surface area contributed by atoms with E-state index in [0.29, 0.717) is 30.8 Å². The maximum absolute atomic E-state index is 12.7. The summed E-state index contributed by atoms with van der Waals surface area (Å²) in [5.74, 6) is 0.689. The highest BCUT2D eigenvalue weighted by Gasteiger charge is 2.25. The van der Waals surface area contributed by atoms with Gasteiger partial charge in [-0.15, -0.1) is 0 Å². The van der Waals surface area contributed by atoms with Crippen molar-refractivity contribution >= 4 is 15.9 Å². The van der Waals surface area contributed by atoms with Crippen LogP contribution >= 0.6 is 0 Å². The molecule has 1 N–H and O–H groups in total. The molecule has 162 valence electrons. The largest absolute Gasteiger partial charge is 0.496 e. The van der Waals surface area contributed by atoms with Crippen LogP contribution in [0.3, 0.4) is 0 Å². The number of carbonyl (C=O) groups excluding carboxylic acids is 1. The second-order valence-electron chi connectivity index (χ2n) is 7.64. The fourth-order valence-electron chi connectivity index (χ4n) is 3.76. The summed E-state index contributed by atoms with van der Waals surface area (Å²) < 4.78 is 32.4. The molecule has 0 aromatic heterocycles. The first-order chi connectivity index (χ1) is 14.4. The zero-order chi connectivity index (χ0) is 21.6. The van der Waals surface area contributed by atoms with Crippen molar-refractivity contribution in [1.29, 1.82) is 0 Å². The number of ether oxygens (including phenoxy) is 1. The molecule has 1 saturated heterocycles. The Balaban J connectivity index is 1.55. The quantitative estimate of drug-likeness (QED) is 0.693. The van der Waals surface area contributed by atoms with Crippen molar-refractivity contribution in [3.05, 3.63) is 59.7 Å². The number of piperidine rings is 1. The van der Waals surface area contributed by atoms with E-state index in [1.165, 1.54) is 0 Å². The summed E-state index contributed by atoms with van der Waals surface area (Å²) in [6.45, 7) is 3.11. The lowest BCUT2D eigenvalue weighted by Crippen LogP contribution is -2.35. The topological polar surface area (TPSA) is 75.7 Å². The Morgan fingerprint density at radius 1 is 1.07 bits per heavy atom. The van der Waals surface area contributed by atoms with Gasteiger partial charge in [-0.05, 0) is 49.9 Å². The number of nitrogens with one attached hydrogen (secondary N) is 1. The van der Waals surface area contributed by atoms with E-state index in [9.17, 15) is 13.2 Å². The van der Waals surface area contributed by atoms with E-state index in [4.69, 9.17) is 4.74 Å². The molecule has 2 aromatic rings. The molecule has 0 radical (unpaired) electrons. The number of methoxy groups -OCH3 is 1. The molecule has 0 bridgehead atoms. The molecule has 1 atom stereocenters. The van der Waals surface area contributed by atoms with Gasteiger partial charge in [0.1, 0.15) is 5.75 Å². The van der Waals surface area contributed by atoms with Crippen LogP contribution in [0.2, 0.25) is 0 Å². The number of carbonyl (C=O) groups is 1. The van der Waals surface area contributed by atoms with Gasteiger partial charge in [0.05, 0.1) is 18.0 Å². The summed E-state index contributed by atoms with van der Waals surface area (Å²) in [7, 11) is -1.81. The van der Waals surface area contributed by atoms with E-state index in [0.717, 1.165) is 36.1 Å². The van der Waals surface area contributed by atoms with Gasteiger partial charge in [0.15, 0.2) is 0 Å². The minimum absolute atomic E-state index is 0.0570. The normalized spacial score (nSPS) is 16.1. The smallest absolute Gasteiger partial charge is 0.243 e. The number of rotatable bonds is 8. The number of amides is 1. The third-order valence-corrected chi connectivity index (χ3v) is 7.41. The summed E-state index contributed by atoms with van der Waals surface area (Å²) in [5, 5.41) is 3.00. The van der Waals surface area contributed by atoms with Crippen LogP contribution in [-0.2, 0) is 21.2 Å². The molecule has 0 unspecified atom stereocenters. The van der Waals surface area contributed by atoms with Crippen molar-refractivity contribution in [2.75, 3.05) is 20.2 Å². The van der Waals surface area contributed by atoms with E-state index in [-0.39, 0.29) is 11.9 Å². The van der Waals surface area contributed by atoms with Gasteiger partial charge in [-0.1, -0.05) is 36.8 Å². The Kier molecular flexibility index (Phi) is 7.50. The Labute approximate surface area is 179 Å². The Hall–Kier alpha value is -2.38. The lowest BCUT2D eigenvalue weighted by molar-refractivity contribution is -0.121. The number of para-hydroxylation sites is 1. The number of aryl methyl sites for hydroxylation is 1. The minimum atomic E-state index is -3.42. The van der Waals surface area contributed by atoms with Crippen molar-refractivity contribution in [2.24, 2.45) is 0 Å². The van der Waals surface area contributed by atoms with Crippen LogP contribution < -0.4 is 10.1 Å². The van der Waals surface area contributed by atoms with Crippen molar-refractivity contribution in [3.63, 3.8) is 0 Å². The fraction of sp³-hybridized carbons (Fsp3) is 0.435. The molecule has 1 amide bonds. The van der Waals surface area contributed by atoms with Gasteiger partial charge in [0.25, 0.3) is 0 Å². The molecule has 6 nitrogen and oxygen atoms in total. The van der Waals surface area contributed by atoms with Crippen LogP contribution in [0.4, 0.5) is 0 Å². The maximum Gasteiger partial charge on any atom is 0.243 e. The van der Waals surface area contributed by atoms with Gasteiger partial charge >= 0.3 is 0 Å². The summed E-state index contributed by atoms with van der Waals surface area (Å²) in [4.78, 5) is 12.7. The summed E-state index contributed by atoms with van der Waals surface area (Å²) in [6.07, 6.45) is 3.80. The number of benzene rings is 2. The van der Waals surface area contributed by atoms with Crippen LogP contribution in [-0.4, -0.2) is 38.8 Å². The van der Waals surface area contributed by atoms with Gasteiger partial charge in [0, 0.05) is 25.1 Å². The van der Waals surface area contributed by atoms with Gasteiger partial charge in [-0.2, -0.15) is 4.31 Å². The predicted molar refractivity (Wildman–Crippen MR) is 117 cm³/mol. The first-order valence-corrected chi connectivity index (χ1v) is 11.9. The molecule has 1 heterocycles. The van der Waals surface area contributed by atoms with E-state index in [1.807, 2.05) is 31.2 Å². The second-order valence-corrected chi connectivity index (χ2v) is 9.58. The molecule has 30 heavy (non-hydrogen) atoms. The fourth-order valence-corrected chi connectivity index (χ4v) is 5.27. The van der Waals surface area contributed by atoms with Crippen molar-refractivity contribution < 1.29 is 17.9 Å². The SMILES string of the molecule is COc1ccccc1[C@H](C)NC(=O)CCc1ccc(S(=O)(=O)N2CCCCC2)cc1.